The van der Waals surface area contributed by atoms with E-state index in [9.17, 15) is 14.4 Å². The van der Waals surface area contributed by atoms with E-state index in [0.717, 1.165) is 17.5 Å². The molecule has 0 bridgehead atoms. The summed E-state index contributed by atoms with van der Waals surface area (Å²) in [4.78, 5) is 37.3. The van der Waals surface area contributed by atoms with Crippen molar-refractivity contribution in [3.63, 3.8) is 0 Å². The van der Waals surface area contributed by atoms with Gasteiger partial charge in [-0.25, -0.2) is 0 Å². The lowest BCUT2D eigenvalue weighted by Gasteiger charge is -2.32. The molecule has 9 heteroatoms. The van der Waals surface area contributed by atoms with Crippen LogP contribution in [0.1, 0.15) is 27.0 Å². The van der Waals surface area contributed by atoms with Crippen LogP contribution in [0.3, 0.4) is 0 Å². The molecule has 0 saturated heterocycles. The van der Waals surface area contributed by atoms with Crippen LogP contribution in [0.25, 0.3) is 0 Å². The predicted molar refractivity (Wildman–Crippen MR) is 106 cm³/mol. The zero-order valence-corrected chi connectivity index (χ0v) is 15.4. The highest BCUT2D eigenvalue weighted by molar-refractivity contribution is 5.98. The summed E-state index contributed by atoms with van der Waals surface area (Å²) in [6, 6.07) is 5.99. The number of rotatable bonds is 4. The van der Waals surface area contributed by atoms with E-state index in [-0.39, 0.29) is 17.4 Å². The minimum Gasteiger partial charge on any atom is -0.394 e. The molecule has 28 heavy (non-hydrogen) atoms. The number of carbonyl (C=O) groups excluding carboxylic acids is 1. The number of nitrogens with one attached hydrogen (secondary N) is 1. The maximum Gasteiger partial charge on any atom is 0.256 e. The van der Waals surface area contributed by atoms with Gasteiger partial charge < -0.3 is 21.7 Å². The summed E-state index contributed by atoms with van der Waals surface area (Å²) in [5.41, 5.74) is 14.2. The smallest absolute Gasteiger partial charge is 0.256 e. The van der Waals surface area contributed by atoms with Crippen LogP contribution in [0.4, 0.5) is 17.2 Å². The summed E-state index contributed by atoms with van der Waals surface area (Å²) < 4.78 is 1.49. The van der Waals surface area contributed by atoms with Crippen LogP contribution in [-0.4, -0.2) is 22.2 Å². The number of hydrogen-bond donors (Lipinski definition) is 3. The molecular weight excluding hydrogens is 360 g/mol. The van der Waals surface area contributed by atoms with Crippen LogP contribution in [0.5, 0.6) is 0 Å². The highest BCUT2D eigenvalue weighted by atomic mass is 16.2. The molecule has 1 amide bonds. The molecule has 0 aliphatic carbocycles. The SMILES string of the molecule is Cn1cc(C(=O)NCc2ccc3c(c2)CN(c2c(N)c(=O)c2=O)CC3)c(N)n1. The fourth-order valence-electron chi connectivity index (χ4n) is 3.58. The molecule has 2 heterocycles. The van der Waals surface area contributed by atoms with Gasteiger partial charge in [-0.15, -0.1) is 0 Å². The number of nitrogens with zero attached hydrogens (tertiary/aromatic N) is 3. The first-order valence-corrected chi connectivity index (χ1v) is 8.87. The predicted octanol–water partition coefficient (Wildman–Crippen LogP) is -0.327. The van der Waals surface area contributed by atoms with Crippen molar-refractivity contribution in [3.8, 4) is 0 Å². The molecule has 5 N–H and O–H groups in total. The van der Waals surface area contributed by atoms with E-state index in [0.29, 0.717) is 30.9 Å². The molecule has 0 atom stereocenters. The van der Waals surface area contributed by atoms with Crippen LogP contribution in [0.15, 0.2) is 34.0 Å². The first-order chi connectivity index (χ1) is 13.3. The van der Waals surface area contributed by atoms with Crippen molar-refractivity contribution in [1.29, 1.82) is 0 Å². The van der Waals surface area contributed by atoms with Crippen molar-refractivity contribution in [2.75, 3.05) is 22.9 Å². The molecule has 9 nitrogen and oxygen atoms in total. The molecule has 1 aliphatic rings. The van der Waals surface area contributed by atoms with Gasteiger partial charge >= 0.3 is 0 Å². The quantitative estimate of drug-likeness (QED) is 0.527. The van der Waals surface area contributed by atoms with Gasteiger partial charge in [-0.1, -0.05) is 18.2 Å². The van der Waals surface area contributed by atoms with Gasteiger partial charge in [-0.05, 0) is 23.1 Å². The van der Waals surface area contributed by atoms with E-state index in [4.69, 9.17) is 11.5 Å². The average Bonchev–Trinajstić information content (AvgIpc) is 3.03. The zero-order valence-electron chi connectivity index (χ0n) is 15.4. The second kappa shape index (κ2) is 6.52. The minimum atomic E-state index is -0.605. The summed E-state index contributed by atoms with van der Waals surface area (Å²) in [7, 11) is 1.70. The highest BCUT2D eigenvalue weighted by Gasteiger charge is 2.26. The second-order valence-corrected chi connectivity index (χ2v) is 6.98. The maximum atomic E-state index is 12.3. The lowest BCUT2D eigenvalue weighted by atomic mass is 9.96. The van der Waals surface area contributed by atoms with Crippen molar-refractivity contribution in [2.45, 2.75) is 19.5 Å². The van der Waals surface area contributed by atoms with Crippen molar-refractivity contribution >= 4 is 23.1 Å². The van der Waals surface area contributed by atoms with E-state index in [1.807, 2.05) is 23.1 Å². The van der Waals surface area contributed by atoms with Crippen LogP contribution < -0.4 is 32.5 Å². The van der Waals surface area contributed by atoms with Gasteiger partial charge in [0.2, 0.25) is 0 Å². The van der Waals surface area contributed by atoms with Crippen LogP contribution in [-0.2, 0) is 26.6 Å². The Morgan fingerprint density at radius 3 is 2.68 bits per heavy atom. The summed E-state index contributed by atoms with van der Waals surface area (Å²) in [6.45, 7) is 1.48. The number of nitrogen functional groups attached to an aromatic ring is 2. The third-order valence-corrected chi connectivity index (χ3v) is 5.08. The molecule has 1 aromatic heterocycles. The number of aryl methyl sites for hydroxylation is 1. The zero-order chi connectivity index (χ0) is 20.0. The Kier molecular flexibility index (Phi) is 4.14. The summed E-state index contributed by atoms with van der Waals surface area (Å²) in [5.74, 6) is -0.104. The molecule has 0 fully saturated rings. The van der Waals surface area contributed by atoms with Gasteiger partial charge in [-0.2, -0.15) is 5.10 Å². The van der Waals surface area contributed by atoms with E-state index >= 15 is 0 Å². The molecule has 4 rings (SSSR count). The summed E-state index contributed by atoms with van der Waals surface area (Å²) in [5, 5.41) is 6.80. The molecule has 0 spiro atoms. The molecule has 0 radical (unpaired) electrons. The Bertz CT molecular complexity index is 1160. The first kappa shape index (κ1) is 17.8. The Hall–Kier alpha value is -3.62. The topological polar surface area (TPSA) is 136 Å². The average molecular weight is 380 g/mol. The molecule has 144 valence electrons. The number of aromatic nitrogens is 2. The molecule has 1 aliphatic heterocycles. The maximum absolute atomic E-state index is 12.3. The van der Waals surface area contributed by atoms with Gasteiger partial charge in [0.1, 0.15) is 16.9 Å². The van der Waals surface area contributed by atoms with E-state index in [1.54, 1.807) is 13.2 Å². The number of anilines is 3. The Morgan fingerprint density at radius 2 is 2.00 bits per heavy atom. The van der Waals surface area contributed by atoms with Crippen LogP contribution in [0, 0.1) is 0 Å². The third-order valence-electron chi connectivity index (χ3n) is 5.08. The van der Waals surface area contributed by atoms with Gasteiger partial charge in [-0.3, -0.25) is 19.1 Å². The number of carbonyl (C=O) groups is 1. The van der Waals surface area contributed by atoms with Gasteiger partial charge in [0, 0.05) is 32.9 Å². The highest BCUT2D eigenvalue weighted by Crippen LogP contribution is 2.26. The monoisotopic (exact) mass is 380 g/mol. The van der Waals surface area contributed by atoms with Crippen molar-refractivity contribution in [3.05, 3.63) is 67.1 Å². The summed E-state index contributed by atoms with van der Waals surface area (Å²) in [6.07, 6.45) is 2.33. The molecule has 3 aromatic rings. The third kappa shape index (κ3) is 2.90. The number of nitrogens with two attached hydrogens (primary N) is 2. The Labute approximate surface area is 160 Å². The molecule has 2 aromatic carbocycles. The second-order valence-electron chi connectivity index (χ2n) is 6.98. The van der Waals surface area contributed by atoms with E-state index in [2.05, 4.69) is 10.4 Å². The number of amides is 1. The van der Waals surface area contributed by atoms with Crippen molar-refractivity contribution < 1.29 is 4.79 Å². The first-order valence-electron chi connectivity index (χ1n) is 8.87. The van der Waals surface area contributed by atoms with Crippen LogP contribution in [0.2, 0.25) is 0 Å². The molecule has 0 saturated carbocycles. The van der Waals surface area contributed by atoms with Crippen molar-refractivity contribution in [1.82, 2.24) is 15.1 Å². The number of hydrogen-bond acceptors (Lipinski definition) is 7. The normalized spacial score (nSPS) is 13.5. The number of benzene rings is 1. The summed E-state index contributed by atoms with van der Waals surface area (Å²) >= 11 is 0. The molecule has 0 unspecified atom stereocenters. The van der Waals surface area contributed by atoms with E-state index in [1.165, 1.54) is 10.2 Å². The van der Waals surface area contributed by atoms with Crippen molar-refractivity contribution in [2.24, 2.45) is 7.05 Å². The lowest BCUT2D eigenvalue weighted by Crippen LogP contribution is -2.44. The van der Waals surface area contributed by atoms with Gasteiger partial charge in [0.25, 0.3) is 16.8 Å². The standard InChI is InChI=1S/C19H20N6O3/c1-24-9-13(18(21)23-24)19(28)22-7-10-2-3-11-4-5-25(8-12(11)6-10)15-14(20)16(26)17(15)27/h2-3,6,9H,4-5,7-8,20H2,1H3,(H2,21,23)(H,22,28). The van der Waals surface area contributed by atoms with E-state index < -0.39 is 10.9 Å². The Morgan fingerprint density at radius 1 is 1.21 bits per heavy atom. The van der Waals surface area contributed by atoms with Crippen LogP contribution >= 0.6 is 0 Å². The fraction of sp³-hybridized carbons (Fsp3) is 0.263. The van der Waals surface area contributed by atoms with Gasteiger partial charge in [0.05, 0.1) is 0 Å². The minimum absolute atomic E-state index is 0.0472. The largest absolute Gasteiger partial charge is 0.394 e. The Balaban J connectivity index is 1.48. The molecular formula is C19H20N6O3. The fourth-order valence-corrected chi connectivity index (χ4v) is 3.58. The lowest BCUT2D eigenvalue weighted by molar-refractivity contribution is 0.0951. The number of fused-ring (bicyclic) bond motifs is 1. The van der Waals surface area contributed by atoms with Gasteiger partial charge in [0.15, 0.2) is 5.82 Å².